The number of amides is 3. The summed E-state index contributed by atoms with van der Waals surface area (Å²) in [5.74, 6) is -1.07. The fraction of sp³-hybridized carbons (Fsp3) is 0.500. The quantitative estimate of drug-likeness (QED) is 0.0785. The molecule has 1 atom stereocenters. The van der Waals surface area contributed by atoms with Crippen LogP contribution in [-0.4, -0.2) is 53.8 Å². The summed E-state index contributed by atoms with van der Waals surface area (Å²) in [6.07, 6.45) is 22.8. The van der Waals surface area contributed by atoms with Gasteiger partial charge in [-0.2, -0.15) is 0 Å². The van der Waals surface area contributed by atoms with Gasteiger partial charge < -0.3 is 10.2 Å². The van der Waals surface area contributed by atoms with E-state index in [1.54, 1.807) is 24.3 Å². The van der Waals surface area contributed by atoms with Gasteiger partial charge in [-0.05, 0) is 50.7 Å². The Labute approximate surface area is 237 Å². The van der Waals surface area contributed by atoms with E-state index in [-0.39, 0.29) is 32.2 Å². The first-order valence-electron chi connectivity index (χ1n) is 14.1. The van der Waals surface area contributed by atoms with Crippen molar-refractivity contribution in [1.29, 1.82) is 0 Å². The number of hydrogen-bond acceptors (Lipinski definition) is 6. The van der Waals surface area contributed by atoms with Crippen LogP contribution in [0.3, 0.4) is 0 Å². The number of phosphoric acid groups is 1. The summed E-state index contributed by atoms with van der Waals surface area (Å²) in [6.45, 7) is 1.47. The van der Waals surface area contributed by atoms with E-state index < -0.39 is 19.6 Å². The first-order valence-corrected chi connectivity index (χ1v) is 15.6. The molecule has 1 aliphatic rings. The number of rotatable bonds is 21. The van der Waals surface area contributed by atoms with Crippen molar-refractivity contribution in [3.63, 3.8) is 0 Å². The molecule has 1 unspecified atom stereocenters. The van der Waals surface area contributed by atoms with Gasteiger partial charge in [0.2, 0.25) is 5.91 Å². The molecule has 0 aliphatic carbocycles. The van der Waals surface area contributed by atoms with Gasteiger partial charge >= 0.3 is 7.82 Å². The number of hydrogen-bond donors (Lipinski definition) is 2. The molecule has 10 heteroatoms. The molecule has 0 spiro atoms. The highest BCUT2D eigenvalue weighted by Crippen LogP contribution is 2.42. The van der Waals surface area contributed by atoms with Gasteiger partial charge in [-0.15, -0.1) is 0 Å². The number of phosphoric ester groups is 1. The molecule has 3 amide bonds. The van der Waals surface area contributed by atoms with Gasteiger partial charge in [0.25, 0.3) is 11.8 Å². The summed E-state index contributed by atoms with van der Waals surface area (Å²) < 4.78 is 21.8. The monoisotopic (exact) mass is 574 g/mol. The van der Waals surface area contributed by atoms with Gasteiger partial charge in [-0.25, -0.2) is 4.57 Å². The van der Waals surface area contributed by atoms with Crippen LogP contribution in [0.2, 0.25) is 0 Å². The summed E-state index contributed by atoms with van der Waals surface area (Å²) in [5, 5.41) is 2.66. The zero-order valence-corrected chi connectivity index (χ0v) is 24.4. The maximum Gasteiger partial charge on any atom is 0.472 e. The Morgan fingerprint density at radius 2 is 1.45 bits per heavy atom. The predicted molar refractivity (Wildman–Crippen MR) is 156 cm³/mol. The third-order valence-electron chi connectivity index (χ3n) is 6.18. The third-order valence-corrected chi connectivity index (χ3v) is 7.20. The topological polar surface area (TPSA) is 122 Å². The summed E-state index contributed by atoms with van der Waals surface area (Å²) >= 11 is 0. The lowest BCUT2D eigenvalue weighted by Gasteiger charge is -2.16. The van der Waals surface area contributed by atoms with Crippen LogP contribution in [0, 0.1) is 0 Å². The van der Waals surface area contributed by atoms with Crippen molar-refractivity contribution in [2.45, 2.75) is 71.1 Å². The minimum atomic E-state index is -4.39. The maximum atomic E-state index is 12.3. The highest BCUT2D eigenvalue weighted by molar-refractivity contribution is 7.47. The summed E-state index contributed by atoms with van der Waals surface area (Å²) in [6, 6.07) is 6.43. The molecule has 2 rings (SSSR count). The number of benzene rings is 1. The van der Waals surface area contributed by atoms with Gasteiger partial charge in [0.15, 0.2) is 0 Å². The first kappa shape index (κ1) is 33.4. The summed E-state index contributed by atoms with van der Waals surface area (Å²) in [4.78, 5) is 47.3. The molecule has 40 heavy (non-hydrogen) atoms. The van der Waals surface area contributed by atoms with E-state index in [0.29, 0.717) is 17.5 Å². The van der Waals surface area contributed by atoms with Gasteiger partial charge in [-0.1, -0.05) is 74.8 Å². The molecule has 0 fully saturated rings. The molecule has 9 nitrogen and oxygen atoms in total. The second-order valence-corrected chi connectivity index (χ2v) is 10.8. The average Bonchev–Trinajstić information content (AvgIpc) is 3.18. The maximum absolute atomic E-state index is 12.3. The summed E-state index contributed by atoms with van der Waals surface area (Å²) in [5.41, 5.74) is 0.592. The van der Waals surface area contributed by atoms with E-state index >= 15 is 0 Å². The normalized spacial score (nSPS) is 15.0. The fourth-order valence-electron chi connectivity index (χ4n) is 4.07. The number of allylic oxidation sites excluding steroid dienone is 6. The number of unbranched alkanes of at least 4 members (excludes halogenated alkanes) is 5. The second kappa shape index (κ2) is 19.3. The minimum Gasteiger partial charge on any atom is -0.354 e. The lowest BCUT2D eigenvalue weighted by Crippen LogP contribution is -2.33. The van der Waals surface area contributed by atoms with E-state index in [1.807, 2.05) is 0 Å². The Hall–Kier alpha value is -2.84. The Bertz CT molecular complexity index is 1050. The molecule has 1 aromatic rings. The van der Waals surface area contributed by atoms with Crippen LogP contribution in [0.5, 0.6) is 0 Å². The van der Waals surface area contributed by atoms with Crippen LogP contribution in [0.25, 0.3) is 0 Å². The lowest BCUT2D eigenvalue weighted by atomic mass is 10.1. The number of fused-ring (bicyclic) bond motifs is 1. The number of nitrogens with zero attached hydrogens (tertiary/aromatic N) is 1. The Kier molecular flexibility index (Phi) is 16.1. The van der Waals surface area contributed by atoms with Crippen LogP contribution in [0.15, 0.2) is 60.7 Å². The van der Waals surface area contributed by atoms with E-state index in [2.05, 4.69) is 48.7 Å². The van der Waals surface area contributed by atoms with Crippen LogP contribution in [0.4, 0.5) is 0 Å². The zero-order chi connectivity index (χ0) is 29.1. The van der Waals surface area contributed by atoms with Crippen LogP contribution < -0.4 is 5.32 Å². The SMILES string of the molecule is CCC=CCC=CCC=CCCCCCCCC(=O)NCCOP(=O)(O)OCCN1C(=O)c2ccccc2C1=O. The van der Waals surface area contributed by atoms with Crippen LogP contribution >= 0.6 is 7.82 Å². The van der Waals surface area contributed by atoms with E-state index in [9.17, 15) is 23.8 Å². The molecule has 1 heterocycles. The molecule has 0 saturated carbocycles. The van der Waals surface area contributed by atoms with E-state index in [0.717, 1.165) is 62.7 Å². The molecule has 0 saturated heterocycles. The number of carbonyl (C=O) groups is 3. The van der Waals surface area contributed by atoms with Gasteiger partial charge in [0, 0.05) is 13.0 Å². The van der Waals surface area contributed by atoms with E-state index in [4.69, 9.17) is 9.05 Å². The molecular weight excluding hydrogens is 531 g/mol. The number of carbonyl (C=O) groups excluding carboxylic acids is 3. The van der Waals surface area contributed by atoms with Gasteiger partial charge in [0.05, 0.1) is 30.9 Å². The van der Waals surface area contributed by atoms with Gasteiger partial charge in [-0.3, -0.25) is 28.3 Å². The van der Waals surface area contributed by atoms with Crippen molar-refractivity contribution in [1.82, 2.24) is 10.2 Å². The Morgan fingerprint density at radius 3 is 2.12 bits per heavy atom. The van der Waals surface area contributed by atoms with E-state index in [1.165, 1.54) is 0 Å². The average molecular weight is 575 g/mol. The van der Waals surface area contributed by atoms with Crippen molar-refractivity contribution in [3.05, 3.63) is 71.8 Å². The first-order chi connectivity index (χ1) is 19.4. The van der Waals surface area contributed by atoms with Crippen molar-refractivity contribution < 1.29 is 32.9 Å². The lowest BCUT2D eigenvalue weighted by molar-refractivity contribution is -0.121. The molecule has 2 N–H and O–H groups in total. The smallest absolute Gasteiger partial charge is 0.354 e. The Balaban J connectivity index is 1.43. The van der Waals surface area contributed by atoms with Crippen molar-refractivity contribution in [2.24, 2.45) is 0 Å². The standard InChI is InChI=1S/C30H43N2O7P/c1-2-3-4-5-6-7-8-9-10-11-12-13-14-15-16-21-28(33)31-22-24-38-40(36,37)39-25-23-32-29(34)26-19-17-18-20-27(26)30(32)35/h3-4,6-7,9-10,17-20H,2,5,8,11-16,21-25H2,1H3,(H,31,33)(H,36,37). The zero-order valence-electron chi connectivity index (χ0n) is 23.5. The number of imide groups is 1. The minimum absolute atomic E-state index is 0.0715. The second-order valence-electron chi connectivity index (χ2n) is 9.39. The molecular formula is C30H43N2O7P. The molecule has 1 aliphatic heterocycles. The van der Waals surface area contributed by atoms with Crippen molar-refractivity contribution in [2.75, 3.05) is 26.3 Å². The number of nitrogens with one attached hydrogen (secondary N) is 1. The van der Waals surface area contributed by atoms with Gasteiger partial charge in [0.1, 0.15) is 0 Å². The predicted octanol–water partition coefficient (Wildman–Crippen LogP) is 6.12. The third kappa shape index (κ3) is 13.0. The molecule has 220 valence electrons. The fourth-order valence-corrected chi connectivity index (χ4v) is 4.78. The molecule has 1 aromatic carbocycles. The van der Waals surface area contributed by atoms with Crippen molar-refractivity contribution in [3.8, 4) is 0 Å². The molecule has 0 aromatic heterocycles. The highest BCUT2D eigenvalue weighted by Gasteiger charge is 2.35. The molecule has 0 radical (unpaired) electrons. The van der Waals surface area contributed by atoms with Crippen molar-refractivity contribution >= 4 is 25.5 Å². The van der Waals surface area contributed by atoms with Crippen LogP contribution in [0.1, 0.15) is 91.8 Å². The summed E-state index contributed by atoms with van der Waals surface area (Å²) in [7, 11) is -4.39. The van der Waals surface area contributed by atoms with Crippen LogP contribution in [-0.2, 0) is 18.4 Å². The molecule has 0 bridgehead atoms. The Morgan fingerprint density at radius 1 is 0.875 bits per heavy atom. The largest absolute Gasteiger partial charge is 0.472 e. The highest BCUT2D eigenvalue weighted by atomic mass is 31.2.